The van der Waals surface area contributed by atoms with Crippen LogP contribution in [0.3, 0.4) is 0 Å². The van der Waals surface area contributed by atoms with Crippen LogP contribution in [0, 0.1) is 0 Å². The van der Waals surface area contributed by atoms with Gasteiger partial charge in [-0.1, -0.05) is 6.07 Å². The highest BCUT2D eigenvalue weighted by atomic mass is 79.9. The van der Waals surface area contributed by atoms with Crippen LogP contribution in [0.2, 0.25) is 0 Å². The number of methoxy groups -OCH3 is 1. The second-order valence-corrected chi connectivity index (χ2v) is 8.31. The largest absolute Gasteiger partial charge is 0.481 e. The smallest absolute Gasteiger partial charge is 0.262 e. The molecule has 3 N–H and O–H groups in total. The Balaban J connectivity index is 2.40. The quantitative estimate of drug-likeness (QED) is 0.699. The standard InChI is InChI=1S/C12H12BrN3O5S2/c1-21-11-6-5-10(12(13)15-11)16-23(19,20)9-4-2-3-8(7-9)22(14,17)18/h2-7,16H,1H3,(H2,14,17,18). The number of nitrogens with two attached hydrogens (primary N) is 1. The minimum Gasteiger partial charge on any atom is -0.481 e. The number of halogens is 1. The highest BCUT2D eigenvalue weighted by Gasteiger charge is 2.19. The molecule has 0 aliphatic heterocycles. The fourth-order valence-electron chi connectivity index (χ4n) is 1.63. The van der Waals surface area contributed by atoms with Crippen LogP contribution in [-0.2, 0) is 20.0 Å². The summed E-state index contributed by atoms with van der Waals surface area (Å²) in [5, 5.41) is 5.00. The van der Waals surface area contributed by atoms with Crippen molar-refractivity contribution >= 4 is 41.7 Å². The molecule has 0 unspecified atom stereocenters. The molecule has 2 rings (SSSR count). The van der Waals surface area contributed by atoms with Gasteiger partial charge >= 0.3 is 0 Å². The van der Waals surface area contributed by atoms with Gasteiger partial charge in [-0.05, 0) is 40.2 Å². The van der Waals surface area contributed by atoms with Crippen molar-refractivity contribution in [1.82, 2.24) is 4.98 Å². The fourth-order valence-corrected chi connectivity index (χ4v) is 3.91. The van der Waals surface area contributed by atoms with E-state index in [9.17, 15) is 16.8 Å². The van der Waals surface area contributed by atoms with Gasteiger partial charge in [-0.2, -0.15) is 0 Å². The molecule has 0 aliphatic rings. The van der Waals surface area contributed by atoms with Crippen LogP contribution in [0.4, 0.5) is 5.69 Å². The third kappa shape index (κ3) is 4.19. The Hall–Kier alpha value is -1.69. The van der Waals surface area contributed by atoms with Crippen LogP contribution in [0.25, 0.3) is 0 Å². The van der Waals surface area contributed by atoms with Gasteiger partial charge in [-0.3, -0.25) is 4.72 Å². The molecule has 1 aromatic heterocycles. The van der Waals surface area contributed by atoms with Crippen molar-refractivity contribution in [2.45, 2.75) is 9.79 Å². The number of rotatable bonds is 5. The van der Waals surface area contributed by atoms with E-state index in [4.69, 9.17) is 9.88 Å². The van der Waals surface area contributed by atoms with E-state index in [0.717, 1.165) is 6.07 Å². The van der Waals surface area contributed by atoms with Gasteiger partial charge in [0.25, 0.3) is 10.0 Å². The van der Waals surface area contributed by atoms with Crippen LogP contribution in [-0.4, -0.2) is 28.9 Å². The first-order valence-electron chi connectivity index (χ1n) is 6.00. The summed E-state index contributed by atoms with van der Waals surface area (Å²) in [5.74, 6) is 0.302. The zero-order chi connectivity index (χ0) is 17.3. The Morgan fingerprint density at radius 2 is 1.78 bits per heavy atom. The van der Waals surface area contributed by atoms with E-state index in [0.29, 0.717) is 5.88 Å². The van der Waals surface area contributed by atoms with Crippen LogP contribution < -0.4 is 14.6 Å². The normalized spacial score (nSPS) is 12.0. The number of primary sulfonamides is 1. The van der Waals surface area contributed by atoms with Gasteiger partial charge in [-0.15, -0.1) is 0 Å². The molecule has 0 fully saturated rings. The molecule has 8 nitrogen and oxygen atoms in total. The van der Waals surface area contributed by atoms with Crippen LogP contribution >= 0.6 is 15.9 Å². The molecule has 0 atom stereocenters. The molecule has 0 saturated carbocycles. The first-order valence-corrected chi connectivity index (χ1v) is 9.82. The number of nitrogens with zero attached hydrogens (tertiary/aromatic N) is 1. The summed E-state index contributed by atoms with van der Waals surface area (Å²) >= 11 is 3.13. The third-order valence-corrected chi connectivity index (χ3v) is 5.60. The van der Waals surface area contributed by atoms with Gasteiger partial charge in [0.1, 0.15) is 4.60 Å². The van der Waals surface area contributed by atoms with Crippen molar-refractivity contribution in [3.05, 3.63) is 41.0 Å². The van der Waals surface area contributed by atoms with Crippen LogP contribution in [0.15, 0.2) is 50.8 Å². The zero-order valence-electron chi connectivity index (χ0n) is 11.7. The number of sulfonamides is 2. The van der Waals surface area contributed by atoms with Gasteiger partial charge in [0.15, 0.2) is 0 Å². The van der Waals surface area contributed by atoms with Gasteiger partial charge < -0.3 is 4.74 Å². The Bertz CT molecular complexity index is 945. The fraction of sp³-hybridized carbons (Fsp3) is 0.0833. The van der Waals surface area contributed by atoms with E-state index in [1.165, 1.54) is 37.4 Å². The Labute approximate surface area is 141 Å². The zero-order valence-corrected chi connectivity index (χ0v) is 14.9. The number of benzene rings is 1. The molecule has 0 amide bonds. The minimum atomic E-state index is -4.02. The number of hydrogen-bond acceptors (Lipinski definition) is 6. The highest BCUT2D eigenvalue weighted by Crippen LogP contribution is 2.26. The molecule has 2 aromatic rings. The van der Waals surface area contributed by atoms with E-state index >= 15 is 0 Å². The first kappa shape index (κ1) is 17.7. The van der Waals surface area contributed by atoms with Crippen LogP contribution in [0.1, 0.15) is 0 Å². The minimum absolute atomic E-state index is 0.173. The summed E-state index contributed by atoms with van der Waals surface area (Å²) in [4.78, 5) is 3.44. The first-order chi connectivity index (χ1) is 10.6. The van der Waals surface area contributed by atoms with Crippen molar-refractivity contribution in [3.8, 4) is 5.88 Å². The number of nitrogens with one attached hydrogen (secondary N) is 1. The molecule has 124 valence electrons. The van der Waals surface area contributed by atoms with Crippen molar-refractivity contribution < 1.29 is 21.6 Å². The molecule has 0 aliphatic carbocycles. The second kappa shape index (κ2) is 6.43. The lowest BCUT2D eigenvalue weighted by Gasteiger charge is -2.10. The monoisotopic (exact) mass is 421 g/mol. The predicted octanol–water partition coefficient (Wildman–Crippen LogP) is 1.30. The summed E-state index contributed by atoms with van der Waals surface area (Å²) in [6, 6.07) is 7.65. The maximum absolute atomic E-state index is 12.4. The Morgan fingerprint density at radius 3 is 2.35 bits per heavy atom. The molecule has 23 heavy (non-hydrogen) atoms. The Kier molecular flexibility index (Phi) is 4.94. The lowest BCUT2D eigenvalue weighted by Crippen LogP contribution is -2.16. The van der Waals surface area contributed by atoms with Gasteiger partial charge in [0, 0.05) is 6.07 Å². The van der Waals surface area contributed by atoms with E-state index in [-0.39, 0.29) is 20.1 Å². The molecule has 0 bridgehead atoms. The maximum Gasteiger partial charge on any atom is 0.262 e. The number of pyridine rings is 1. The van der Waals surface area contributed by atoms with Crippen molar-refractivity contribution in [1.29, 1.82) is 0 Å². The average molecular weight is 422 g/mol. The van der Waals surface area contributed by atoms with Crippen molar-refractivity contribution in [2.75, 3.05) is 11.8 Å². The van der Waals surface area contributed by atoms with E-state index in [1.54, 1.807) is 0 Å². The molecule has 11 heteroatoms. The number of anilines is 1. The summed E-state index contributed by atoms with van der Waals surface area (Å²) in [7, 11) is -6.60. The van der Waals surface area contributed by atoms with E-state index in [2.05, 4.69) is 25.6 Å². The molecule has 1 aromatic carbocycles. The molecule has 1 heterocycles. The molecular weight excluding hydrogens is 410 g/mol. The number of hydrogen-bond donors (Lipinski definition) is 2. The SMILES string of the molecule is COc1ccc(NS(=O)(=O)c2cccc(S(N)(=O)=O)c2)c(Br)n1. The lowest BCUT2D eigenvalue weighted by molar-refractivity contribution is 0.397. The van der Waals surface area contributed by atoms with Crippen molar-refractivity contribution in [3.63, 3.8) is 0 Å². The van der Waals surface area contributed by atoms with E-state index in [1.807, 2.05) is 0 Å². The summed E-state index contributed by atoms with van der Waals surface area (Å²) in [6.07, 6.45) is 0. The van der Waals surface area contributed by atoms with Gasteiger partial charge in [0.05, 0.1) is 22.6 Å². The van der Waals surface area contributed by atoms with Crippen molar-refractivity contribution in [2.24, 2.45) is 5.14 Å². The third-order valence-electron chi connectivity index (χ3n) is 2.72. The van der Waals surface area contributed by atoms with Gasteiger partial charge in [0.2, 0.25) is 15.9 Å². The van der Waals surface area contributed by atoms with Gasteiger partial charge in [-0.25, -0.2) is 27.0 Å². The highest BCUT2D eigenvalue weighted by molar-refractivity contribution is 9.10. The molecule has 0 spiro atoms. The summed E-state index contributed by atoms with van der Waals surface area (Å²) < 4.78 is 54.8. The second-order valence-electron chi connectivity index (χ2n) is 4.32. The summed E-state index contributed by atoms with van der Waals surface area (Å²) in [5.41, 5.74) is 0.173. The summed E-state index contributed by atoms with van der Waals surface area (Å²) in [6.45, 7) is 0. The van der Waals surface area contributed by atoms with Crippen LogP contribution in [0.5, 0.6) is 5.88 Å². The topological polar surface area (TPSA) is 128 Å². The molecule has 0 radical (unpaired) electrons. The lowest BCUT2D eigenvalue weighted by atomic mass is 10.4. The predicted molar refractivity (Wildman–Crippen MR) is 87.1 cm³/mol. The maximum atomic E-state index is 12.4. The number of ether oxygens (including phenoxy) is 1. The molecule has 0 saturated heterocycles. The average Bonchev–Trinajstić information content (AvgIpc) is 2.48. The molecular formula is C12H12BrN3O5S2. The van der Waals surface area contributed by atoms with E-state index < -0.39 is 20.0 Å². The number of aromatic nitrogens is 1. The Morgan fingerprint density at radius 1 is 1.13 bits per heavy atom.